The average Bonchev–Trinajstić information content (AvgIpc) is 2.35. The summed E-state index contributed by atoms with van der Waals surface area (Å²) in [6.45, 7) is 5.35. The van der Waals surface area contributed by atoms with Gasteiger partial charge in [-0.05, 0) is 37.1 Å². The Bertz CT molecular complexity index is 471. The molecule has 0 heterocycles. The molecular formula is C15H21FN2O2. The highest BCUT2D eigenvalue weighted by Gasteiger charge is 2.21. The van der Waals surface area contributed by atoms with Gasteiger partial charge in [-0.25, -0.2) is 4.39 Å². The van der Waals surface area contributed by atoms with Gasteiger partial charge in [0.25, 0.3) is 0 Å². The molecule has 0 aliphatic heterocycles. The van der Waals surface area contributed by atoms with Crippen molar-refractivity contribution in [2.24, 2.45) is 5.92 Å². The molecule has 1 rings (SSSR count). The molecule has 4 nitrogen and oxygen atoms in total. The van der Waals surface area contributed by atoms with Gasteiger partial charge in [0.2, 0.25) is 5.91 Å². The van der Waals surface area contributed by atoms with Crippen molar-refractivity contribution in [1.82, 2.24) is 5.32 Å². The Morgan fingerprint density at radius 2 is 1.80 bits per heavy atom. The largest absolute Gasteiger partial charge is 0.365 e. The Morgan fingerprint density at radius 1 is 1.25 bits per heavy atom. The van der Waals surface area contributed by atoms with Crippen LogP contribution >= 0.6 is 0 Å². The zero-order chi connectivity index (χ0) is 15.3. The first-order valence-electron chi connectivity index (χ1n) is 6.57. The van der Waals surface area contributed by atoms with E-state index in [4.69, 9.17) is 0 Å². The molecule has 0 saturated carbocycles. The lowest BCUT2D eigenvalue weighted by atomic mass is 10.0. The Kier molecular flexibility index (Phi) is 5.67. The molecule has 1 amide bonds. The number of likely N-dealkylation sites (N-methyl/N-ethyl adjacent to an activating group) is 1. The molecule has 20 heavy (non-hydrogen) atoms. The molecule has 0 fully saturated rings. The third-order valence-electron chi connectivity index (χ3n) is 3.07. The second-order valence-electron chi connectivity index (χ2n) is 5.23. The summed E-state index contributed by atoms with van der Waals surface area (Å²) in [4.78, 5) is 25.1. The lowest BCUT2D eigenvalue weighted by molar-refractivity contribution is -0.127. The second kappa shape index (κ2) is 7.03. The summed E-state index contributed by atoms with van der Waals surface area (Å²) >= 11 is 0. The van der Waals surface area contributed by atoms with Gasteiger partial charge in [0.05, 0.1) is 12.6 Å². The fourth-order valence-corrected chi connectivity index (χ4v) is 1.96. The topological polar surface area (TPSA) is 49.4 Å². The first-order chi connectivity index (χ1) is 9.31. The molecule has 110 valence electrons. The van der Waals surface area contributed by atoms with Crippen molar-refractivity contribution in [1.29, 1.82) is 0 Å². The normalized spacial score (nSPS) is 12.1. The first kappa shape index (κ1) is 16.1. The van der Waals surface area contributed by atoms with Crippen LogP contribution in [0.1, 0.15) is 20.8 Å². The van der Waals surface area contributed by atoms with Gasteiger partial charge in [0, 0.05) is 12.7 Å². The highest BCUT2D eigenvalue weighted by atomic mass is 19.1. The average molecular weight is 280 g/mol. The Labute approximate surface area is 119 Å². The van der Waals surface area contributed by atoms with Gasteiger partial charge in [-0.2, -0.15) is 0 Å². The molecule has 1 aromatic carbocycles. The zero-order valence-electron chi connectivity index (χ0n) is 12.3. The van der Waals surface area contributed by atoms with Crippen LogP contribution in [-0.2, 0) is 9.59 Å². The van der Waals surface area contributed by atoms with E-state index in [1.165, 1.54) is 19.1 Å². The number of benzene rings is 1. The molecule has 0 aliphatic carbocycles. The molecule has 0 spiro atoms. The number of rotatable bonds is 6. The molecule has 0 bridgehead atoms. The predicted molar refractivity (Wildman–Crippen MR) is 77.1 cm³/mol. The zero-order valence-corrected chi connectivity index (χ0v) is 12.3. The van der Waals surface area contributed by atoms with Gasteiger partial charge in [-0.15, -0.1) is 0 Å². The van der Waals surface area contributed by atoms with E-state index in [1.807, 2.05) is 13.8 Å². The van der Waals surface area contributed by atoms with Crippen LogP contribution in [0.5, 0.6) is 0 Å². The minimum Gasteiger partial charge on any atom is -0.365 e. The lowest BCUT2D eigenvalue weighted by Gasteiger charge is -2.23. The summed E-state index contributed by atoms with van der Waals surface area (Å²) in [6.07, 6.45) is 0. The van der Waals surface area contributed by atoms with E-state index in [0.717, 1.165) is 5.69 Å². The van der Waals surface area contributed by atoms with Crippen LogP contribution < -0.4 is 10.2 Å². The van der Waals surface area contributed by atoms with Crippen molar-refractivity contribution < 1.29 is 14.0 Å². The van der Waals surface area contributed by atoms with Crippen LogP contribution in [0.2, 0.25) is 0 Å². The number of ketones is 1. The summed E-state index contributed by atoms with van der Waals surface area (Å²) in [5.41, 5.74) is 0.741. The Morgan fingerprint density at radius 3 is 2.25 bits per heavy atom. The number of carbonyl (C=O) groups excluding carboxylic acids is 2. The maximum absolute atomic E-state index is 12.8. The maximum atomic E-state index is 12.8. The summed E-state index contributed by atoms with van der Waals surface area (Å²) in [5, 5.41) is 2.72. The van der Waals surface area contributed by atoms with E-state index in [9.17, 15) is 14.0 Å². The van der Waals surface area contributed by atoms with Gasteiger partial charge >= 0.3 is 0 Å². The first-order valence-corrected chi connectivity index (χ1v) is 6.57. The third kappa shape index (κ3) is 4.64. The number of hydrogen-bond donors (Lipinski definition) is 1. The predicted octanol–water partition coefficient (Wildman–Crippen LogP) is 1.99. The van der Waals surface area contributed by atoms with Crippen molar-refractivity contribution in [3.63, 3.8) is 0 Å². The van der Waals surface area contributed by atoms with Gasteiger partial charge in [0.15, 0.2) is 5.78 Å². The van der Waals surface area contributed by atoms with Crippen LogP contribution in [0, 0.1) is 11.7 Å². The maximum Gasteiger partial charge on any atom is 0.240 e. The number of amides is 1. The van der Waals surface area contributed by atoms with Gasteiger partial charge in [-0.3, -0.25) is 9.59 Å². The van der Waals surface area contributed by atoms with Crippen LogP contribution in [0.15, 0.2) is 24.3 Å². The molecule has 1 N–H and O–H groups in total. The number of nitrogens with one attached hydrogen (secondary N) is 1. The highest BCUT2D eigenvalue weighted by Crippen LogP contribution is 2.12. The SMILES string of the molecule is CC(=O)C(NC(=O)CN(C)c1ccc(F)cc1)C(C)C. The quantitative estimate of drug-likeness (QED) is 0.867. The minimum absolute atomic E-state index is 0.0487. The monoisotopic (exact) mass is 280 g/mol. The molecule has 5 heteroatoms. The standard InChI is InChI=1S/C15H21FN2O2/c1-10(2)15(11(3)19)17-14(20)9-18(4)13-7-5-12(16)6-8-13/h5-8,10,15H,9H2,1-4H3,(H,17,20). The number of Topliss-reactive ketones (excluding diaryl/α,β-unsaturated/α-hetero) is 1. The van der Waals surface area contributed by atoms with E-state index in [-0.39, 0.29) is 30.0 Å². The number of carbonyl (C=O) groups is 2. The number of halogens is 1. The summed E-state index contributed by atoms with van der Waals surface area (Å²) in [6, 6.07) is 5.43. The van der Waals surface area contributed by atoms with Gasteiger partial charge in [0.1, 0.15) is 5.82 Å². The van der Waals surface area contributed by atoms with Crippen molar-refractivity contribution in [3.8, 4) is 0 Å². The van der Waals surface area contributed by atoms with Crippen LogP contribution in [0.25, 0.3) is 0 Å². The Hall–Kier alpha value is -1.91. The van der Waals surface area contributed by atoms with E-state index in [1.54, 1.807) is 24.1 Å². The Balaban J connectivity index is 2.61. The fraction of sp³-hybridized carbons (Fsp3) is 0.467. The van der Waals surface area contributed by atoms with Gasteiger partial charge in [-0.1, -0.05) is 13.8 Å². The number of nitrogens with zero attached hydrogens (tertiary/aromatic N) is 1. The number of hydrogen-bond acceptors (Lipinski definition) is 3. The third-order valence-corrected chi connectivity index (χ3v) is 3.07. The smallest absolute Gasteiger partial charge is 0.240 e. The van der Waals surface area contributed by atoms with Crippen molar-refractivity contribution >= 4 is 17.4 Å². The van der Waals surface area contributed by atoms with E-state index >= 15 is 0 Å². The minimum atomic E-state index is -0.468. The molecule has 1 aromatic rings. The van der Waals surface area contributed by atoms with Crippen LogP contribution in [0.4, 0.5) is 10.1 Å². The van der Waals surface area contributed by atoms with Crippen molar-refractivity contribution in [2.75, 3.05) is 18.5 Å². The van der Waals surface area contributed by atoms with Crippen molar-refractivity contribution in [2.45, 2.75) is 26.8 Å². The molecular weight excluding hydrogens is 259 g/mol. The van der Waals surface area contributed by atoms with Crippen LogP contribution in [-0.4, -0.2) is 31.3 Å². The molecule has 1 atom stereocenters. The van der Waals surface area contributed by atoms with Crippen LogP contribution in [0.3, 0.4) is 0 Å². The summed E-state index contributed by atoms with van der Waals surface area (Å²) < 4.78 is 12.8. The highest BCUT2D eigenvalue weighted by molar-refractivity contribution is 5.89. The second-order valence-corrected chi connectivity index (χ2v) is 5.23. The fourth-order valence-electron chi connectivity index (χ4n) is 1.96. The van der Waals surface area contributed by atoms with E-state index in [2.05, 4.69) is 5.32 Å². The molecule has 0 aromatic heterocycles. The molecule has 0 radical (unpaired) electrons. The van der Waals surface area contributed by atoms with Gasteiger partial charge < -0.3 is 10.2 Å². The number of anilines is 1. The molecule has 0 aliphatic rings. The molecule has 1 unspecified atom stereocenters. The van der Waals surface area contributed by atoms with E-state index in [0.29, 0.717) is 0 Å². The lowest BCUT2D eigenvalue weighted by Crippen LogP contribution is -2.46. The van der Waals surface area contributed by atoms with Crippen molar-refractivity contribution in [3.05, 3.63) is 30.1 Å². The summed E-state index contributed by atoms with van der Waals surface area (Å²) in [7, 11) is 1.74. The van der Waals surface area contributed by atoms with E-state index < -0.39 is 6.04 Å². The molecule has 0 saturated heterocycles. The summed E-state index contributed by atoms with van der Waals surface area (Å²) in [5.74, 6) is -0.556.